The van der Waals surface area contributed by atoms with Gasteiger partial charge in [0.05, 0.1) is 0 Å². The molecule has 0 bridgehead atoms. The number of aromatic amines is 1. The zero-order valence-electron chi connectivity index (χ0n) is 17.7. The quantitative estimate of drug-likeness (QED) is 0.480. The molecule has 6 heteroatoms. The molecule has 152 valence electrons. The third-order valence-corrected chi connectivity index (χ3v) is 5.35. The predicted molar refractivity (Wildman–Crippen MR) is 118 cm³/mol. The molecule has 6 nitrogen and oxygen atoms in total. The topological polar surface area (TPSA) is 80.2 Å². The number of hydrogen-bond acceptors (Lipinski definition) is 5. The molecule has 0 amide bonds. The average molecular weight is 399 g/mol. The molecule has 0 saturated heterocycles. The Hall–Kier alpha value is -3.41. The Bertz CT molecular complexity index is 1120. The summed E-state index contributed by atoms with van der Waals surface area (Å²) in [7, 11) is 0. The van der Waals surface area contributed by atoms with Crippen molar-refractivity contribution in [3.8, 4) is 22.5 Å². The number of hydrogen-bond donors (Lipinski definition) is 1. The van der Waals surface area contributed by atoms with Gasteiger partial charge in [-0.15, -0.1) is 5.10 Å². The number of tetrazole rings is 1. The molecule has 0 atom stereocenters. The van der Waals surface area contributed by atoms with Crippen LogP contribution < -0.4 is 0 Å². The highest BCUT2D eigenvalue weighted by Gasteiger charge is 2.13. The molecule has 0 fully saturated rings. The van der Waals surface area contributed by atoms with Crippen molar-refractivity contribution in [3.05, 3.63) is 76.9 Å². The van der Waals surface area contributed by atoms with E-state index in [1.54, 1.807) is 0 Å². The molecule has 0 spiro atoms. The molecule has 1 N–H and O–H groups in total. The molecule has 4 aromatic rings. The Labute approximate surface area is 176 Å². The van der Waals surface area contributed by atoms with E-state index in [1.165, 1.54) is 16.8 Å². The second-order valence-corrected chi connectivity index (χ2v) is 7.55. The Kier molecular flexibility index (Phi) is 5.93. The van der Waals surface area contributed by atoms with E-state index in [1.807, 2.05) is 25.1 Å². The molecule has 2 heterocycles. The minimum atomic E-state index is 0.669. The van der Waals surface area contributed by atoms with Crippen LogP contribution in [0.5, 0.6) is 0 Å². The number of benzene rings is 2. The molecule has 0 aliphatic rings. The van der Waals surface area contributed by atoms with Crippen LogP contribution in [-0.4, -0.2) is 30.6 Å². The molecule has 4 rings (SSSR count). The highest BCUT2D eigenvalue weighted by molar-refractivity contribution is 5.80. The lowest BCUT2D eigenvalue weighted by atomic mass is 9.95. The van der Waals surface area contributed by atoms with E-state index >= 15 is 0 Å². The van der Waals surface area contributed by atoms with E-state index in [9.17, 15) is 0 Å². The fraction of sp³-hybridized carbons (Fsp3) is 0.292. The second kappa shape index (κ2) is 8.95. The van der Waals surface area contributed by atoms with Crippen LogP contribution in [0.4, 0.5) is 0 Å². The van der Waals surface area contributed by atoms with Gasteiger partial charge in [-0.2, -0.15) is 0 Å². The molecule has 0 aliphatic heterocycles. The number of aromatic nitrogens is 6. The van der Waals surface area contributed by atoms with Gasteiger partial charge in [0.25, 0.3) is 0 Å². The number of unbranched alkanes of at least 4 members (excludes halogenated alkanes) is 1. The van der Waals surface area contributed by atoms with Gasteiger partial charge >= 0.3 is 0 Å². The number of nitrogens with one attached hydrogen (secondary N) is 1. The minimum absolute atomic E-state index is 0.669. The van der Waals surface area contributed by atoms with Gasteiger partial charge in [0.2, 0.25) is 0 Å². The Balaban J connectivity index is 1.62. The minimum Gasteiger partial charge on any atom is -0.239 e. The van der Waals surface area contributed by atoms with Gasteiger partial charge < -0.3 is 0 Å². The van der Waals surface area contributed by atoms with Crippen LogP contribution in [-0.2, 0) is 12.8 Å². The number of aryl methyl sites for hydroxylation is 3. The van der Waals surface area contributed by atoms with E-state index in [0.717, 1.165) is 53.9 Å². The summed E-state index contributed by atoms with van der Waals surface area (Å²) in [6, 6.07) is 16.8. The maximum absolute atomic E-state index is 4.74. The average Bonchev–Trinajstić information content (AvgIpc) is 3.30. The van der Waals surface area contributed by atoms with E-state index < -0.39 is 0 Å². The van der Waals surface area contributed by atoms with Crippen molar-refractivity contribution in [2.45, 2.75) is 46.5 Å². The summed E-state index contributed by atoms with van der Waals surface area (Å²) >= 11 is 0. The van der Waals surface area contributed by atoms with Crippen molar-refractivity contribution >= 4 is 0 Å². The van der Waals surface area contributed by atoms with Crippen molar-refractivity contribution < 1.29 is 0 Å². The maximum atomic E-state index is 4.74. The molecule has 0 unspecified atom stereocenters. The highest BCUT2D eigenvalue weighted by atomic mass is 15.5. The Morgan fingerprint density at radius 3 is 2.37 bits per heavy atom. The third kappa shape index (κ3) is 4.27. The van der Waals surface area contributed by atoms with Crippen molar-refractivity contribution in [1.82, 2.24) is 30.6 Å². The number of H-pyrrole nitrogens is 1. The SMILES string of the molecule is CCCCc1nc(C)nc(C)c1Cc1ccc(-c2ccccc2-c2nnn[nH]2)cc1. The second-order valence-electron chi connectivity index (χ2n) is 7.55. The first-order chi connectivity index (χ1) is 14.7. The largest absolute Gasteiger partial charge is 0.239 e. The predicted octanol–water partition coefficient (Wildman–Crippen LogP) is 4.87. The van der Waals surface area contributed by atoms with E-state index in [4.69, 9.17) is 4.98 Å². The van der Waals surface area contributed by atoms with Crippen LogP contribution in [0.2, 0.25) is 0 Å². The number of nitrogens with zero attached hydrogens (tertiary/aromatic N) is 5. The summed E-state index contributed by atoms with van der Waals surface area (Å²) in [5, 5.41) is 14.3. The van der Waals surface area contributed by atoms with E-state index in [-0.39, 0.29) is 0 Å². The molecule has 2 aromatic carbocycles. The summed E-state index contributed by atoms with van der Waals surface area (Å²) in [6.07, 6.45) is 4.16. The van der Waals surface area contributed by atoms with E-state index in [2.05, 4.69) is 69.8 Å². The lowest BCUT2D eigenvalue weighted by molar-refractivity contribution is 0.752. The van der Waals surface area contributed by atoms with Gasteiger partial charge in [0.1, 0.15) is 5.82 Å². The van der Waals surface area contributed by atoms with Gasteiger partial charge in [-0.25, -0.2) is 15.1 Å². The van der Waals surface area contributed by atoms with Gasteiger partial charge in [-0.1, -0.05) is 61.9 Å². The fourth-order valence-electron chi connectivity index (χ4n) is 3.81. The Morgan fingerprint density at radius 2 is 1.67 bits per heavy atom. The van der Waals surface area contributed by atoms with Crippen LogP contribution in [0.25, 0.3) is 22.5 Å². The molecule has 2 aromatic heterocycles. The van der Waals surface area contributed by atoms with Gasteiger partial charge in [0.15, 0.2) is 5.82 Å². The lowest BCUT2D eigenvalue weighted by Crippen LogP contribution is -2.07. The summed E-state index contributed by atoms with van der Waals surface area (Å²) in [6.45, 7) is 6.28. The number of rotatable bonds is 7. The van der Waals surface area contributed by atoms with E-state index in [0.29, 0.717) is 5.82 Å². The molecule has 0 radical (unpaired) electrons. The smallest absolute Gasteiger partial charge is 0.180 e. The molecule has 0 saturated carbocycles. The molecular weight excluding hydrogens is 372 g/mol. The van der Waals surface area contributed by atoms with Crippen LogP contribution in [0.1, 0.15) is 48.1 Å². The molecular formula is C24H26N6. The van der Waals surface area contributed by atoms with Crippen LogP contribution in [0.15, 0.2) is 48.5 Å². The monoisotopic (exact) mass is 398 g/mol. The molecule has 30 heavy (non-hydrogen) atoms. The normalized spacial score (nSPS) is 11.0. The first-order valence-electron chi connectivity index (χ1n) is 10.4. The van der Waals surface area contributed by atoms with Crippen molar-refractivity contribution in [2.75, 3.05) is 0 Å². The standard InChI is InChI=1S/C24H26N6/c1-4-5-10-23-22(16(2)25-17(3)26-23)15-18-11-13-19(14-12-18)20-8-6-7-9-21(20)24-27-29-30-28-24/h6-9,11-14H,4-5,10,15H2,1-3H3,(H,27,28,29,30). The zero-order chi connectivity index (χ0) is 20.9. The highest BCUT2D eigenvalue weighted by Crippen LogP contribution is 2.30. The lowest BCUT2D eigenvalue weighted by Gasteiger charge is -2.13. The van der Waals surface area contributed by atoms with Crippen LogP contribution >= 0.6 is 0 Å². The van der Waals surface area contributed by atoms with Gasteiger partial charge in [-0.3, -0.25) is 0 Å². The van der Waals surface area contributed by atoms with Crippen LogP contribution in [0.3, 0.4) is 0 Å². The summed E-state index contributed by atoms with van der Waals surface area (Å²) < 4.78 is 0. The van der Waals surface area contributed by atoms with Crippen LogP contribution in [0, 0.1) is 13.8 Å². The summed E-state index contributed by atoms with van der Waals surface area (Å²) in [5.41, 5.74) is 8.01. The Morgan fingerprint density at radius 1 is 0.900 bits per heavy atom. The fourth-order valence-corrected chi connectivity index (χ4v) is 3.81. The maximum Gasteiger partial charge on any atom is 0.180 e. The van der Waals surface area contributed by atoms with Gasteiger partial charge in [-0.05, 0) is 59.4 Å². The van der Waals surface area contributed by atoms with Crippen molar-refractivity contribution in [2.24, 2.45) is 0 Å². The van der Waals surface area contributed by atoms with Crippen molar-refractivity contribution in [3.63, 3.8) is 0 Å². The molecule has 0 aliphatic carbocycles. The third-order valence-electron chi connectivity index (χ3n) is 5.35. The van der Waals surface area contributed by atoms with Crippen molar-refractivity contribution in [1.29, 1.82) is 0 Å². The first-order valence-corrected chi connectivity index (χ1v) is 10.4. The summed E-state index contributed by atoms with van der Waals surface area (Å²) in [5.74, 6) is 1.53. The summed E-state index contributed by atoms with van der Waals surface area (Å²) in [4.78, 5) is 9.35. The zero-order valence-corrected chi connectivity index (χ0v) is 17.7. The van der Waals surface area contributed by atoms with Gasteiger partial charge in [0, 0.05) is 23.4 Å². The first kappa shape index (κ1) is 19.9.